The van der Waals surface area contributed by atoms with Crippen LogP contribution in [0.2, 0.25) is 5.02 Å². The molecule has 0 unspecified atom stereocenters. The van der Waals surface area contributed by atoms with E-state index >= 15 is 0 Å². The second-order valence-electron chi connectivity index (χ2n) is 6.20. The zero-order chi connectivity index (χ0) is 21.1. The Morgan fingerprint density at radius 2 is 1.68 bits per heavy atom. The Kier molecular flexibility index (Phi) is 6.56. The minimum absolute atomic E-state index is 0.0967. The first-order valence-corrected chi connectivity index (χ1v) is 8.61. The van der Waals surface area contributed by atoms with Crippen molar-refractivity contribution in [3.8, 4) is 5.75 Å². The fourth-order valence-corrected chi connectivity index (χ4v) is 2.55. The predicted octanol–water partition coefficient (Wildman–Crippen LogP) is 5.39. The van der Waals surface area contributed by atoms with Crippen molar-refractivity contribution < 1.29 is 27.6 Å². The van der Waals surface area contributed by atoms with E-state index in [1.54, 1.807) is 44.2 Å². The molecule has 0 saturated heterocycles. The topological polar surface area (TPSA) is 49.9 Å². The smallest absolute Gasteiger partial charge is 0.370 e. The van der Waals surface area contributed by atoms with Gasteiger partial charge in [-0.2, -0.15) is 13.2 Å². The second kappa shape index (κ2) is 8.52. The Balaban J connectivity index is 2.38. The van der Waals surface area contributed by atoms with E-state index in [1.165, 1.54) is 7.05 Å². The molecule has 0 bridgehead atoms. The highest BCUT2D eigenvalue weighted by molar-refractivity contribution is 6.31. The van der Waals surface area contributed by atoms with Crippen molar-refractivity contribution in [2.24, 2.45) is 5.92 Å². The lowest BCUT2D eigenvalue weighted by Gasteiger charge is -2.27. The number of halogens is 4. The van der Waals surface area contributed by atoms with Crippen molar-refractivity contribution in [2.45, 2.75) is 20.0 Å². The molecule has 0 radical (unpaired) electrons. The summed E-state index contributed by atoms with van der Waals surface area (Å²) < 4.78 is 38.6. The Morgan fingerprint density at radius 1 is 1.07 bits per heavy atom. The van der Waals surface area contributed by atoms with Crippen LogP contribution in [0.3, 0.4) is 0 Å². The summed E-state index contributed by atoms with van der Waals surface area (Å²) in [5, 5.41) is 0.246. The first kappa shape index (κ1) is 21.6. The molecule has 0 aliphatic heterocycles. The van der Waals surface area contributed by atoms with E-state index in [9.17, 15) is 22.8 Å². The number of benzene rings is 2. The summed E-state index contributed by atoms with van der Waals surface area (Å²) >= 11 is 5.71. The number of urea groups is 1. The molecule has 0 spiro atoms. The third-order valence-electron chi connectivity index (χ3n) is 3.72. The van der Waals surface area contributed by atoms with Gasteiger partial charge in [0.2, 0.25) is 5.91 Å². The molecule has 0 aliphatic carbocycles. The minimum Gasteiger partial charge on any atom is -0.370 e. The minimum atomic E-state index is -4.62. The molecule has 0 saturated carbocycles. The lowest BCUT2D eigenvalue weighted by Crippen LogP contribution is -2.47. The number of hydroxylamine groups is 1. The van der Waals surface area contributed by atoms with E-state index in [-0.39, 0.29) is 11.4 Å². The first-order chi connectivity index (χ1) is 13.0. The zero-order valence-electron chi connectivity index (χ0n) is 15.3. The maximum absolute atomic E-state index is 12.9. The van der Waals surface area contributed by atoms with Crippen LogP contribution in [-0.2, 0) is 11.0 Å². The number of imide groups is 1. The number of nitrogens with zero attached hydrogens (tertiary/aromatic N) is 2. The maximum atomic E-state index is 12.9. The summed E-state index contributed by atoms with van der Waals surface area (Å²) in [5.41, 5.74) is -0.738. The molecule has 0 aromatic heterocycles. The molecular weight excluding hydrogens is 397 g/mol. The standard InChI is InChI=1S/C19H18ClF3N2O3/c1-12(2)17(26)24(3)18(27)25(13-7-5-4-6-8-13)28-14-9-10-15(16(20)11-14)19(21,22)23/h4-12H,1-3H3. The Labute approximate surface area is 165 Å². The zero-order valence-corrected chi connectivity index (χ0v) is 16.1. The predicted molar refractivity (Wildman–Crippen MR) is 99.0 cm³/mol. The number of hydrogen-bond donors (Lipinski definition) is 0. The highest BCUT2D eigenvalue weighted by Crippen LogP contribution is 2.36. The molecule has 0 heterocycles. The Hall–Kier alpha value is -2.74. The number of hydrogen-bond acceptors (Lipinski definition) is 3. The molecule has 3 amide bonds. The molecule has 0 fully saturated rings. The van der Waals surface area contributed by atoms with Crippen molar-refractivity contribution in [3.05, 3.63) is 59.1 Å². The Morgan fingerprint density at radius 3 is 2.18 bits per heavy atom. The van der Waals surface area contributed by atoms with Gasteiger partial charge in [-0.1, -0.05) is 43.6 Å². The molecule has 0 aliphatic rings. The molecule has 5 nitrogen and oxygen atoms in total. The molecule has 9 heteroatoms. The van der Waals surface area contributed by atoms with Gasteiger partial charge in [0.15, 0.2) is 5.75 Å². The van der Waals surface area contributed by atoms with Crippen molar-refractivity contribution in [2.75, 3.05) is 12.1 Å². The van der Waals surface area contributed by atoms with Crippen molar-refractivity contribution in [1.82, 2.24) is 4.90 Å². The third-order valence-corrected chi connectivity index (χ3v) is 4.03. The number of alkyl halides is 3. The van der Waals surface area contributed by atoms with Gasteiger partial charge in [-0.25, -0.2) is 4.79 Å². The number of rotatable bonds is 4. The van der Waals surface area contributed by atoms with Crippen molar-refractivity contribution in [3.63, 3.8) is 0 Å². The maximum Gasteiger partial charge on any atom is 0.417 e. The van der Waals surface area contributed by atoms with Crippen LogP contribution in [0.4, 0.5) is 23.7 Å². The van der Waals surface area contributed by atoms with Crippen LogP contribution in [0.1, 0.15) is 19.4 Å². The van der Waals surface area contributed by atoms with Crippen LogP contribution in [0.5, 0.6) is 5.75 Å². The average Bonchev–Trinajstić information content (AvgIpc) is 2.64. The van der Waals surface area contributed by atoms with E-state index in [0.717, 1.165) is 28.2 Å². The molecular formula is C19H18ClF3N2O3. The Bertz CT molecular complexity index is 857. The van der Waals surface area contributed by atoms with E-state index in [4.69, 9.17) is 16.4 Å². The normalized spacial score (nSPS) is 11.3. The number of anilines is 1. The highest BCUT2D eigenvalue weighted by atomic mass is 35.5. The van der Waals surface area contributed by atoms with Gasteiger partial charge in [0.05, 0.1) is 16.3 Å². The highest BCUT2D eigenvalue weighted by Gasteiger charge is 2.34. The van der Waals surface area contributed by atoms with Crippen LogP contribution in [0.25, 0.3) is 0 Å². The van der Waals surface area contributed by atoms with Crippen LogP contribution >= 0.6 is 11.6 Å². The van der Waals surface area contributed by atoms with Gasteiger partial charge in [-0.05, 0) is 24.3 Å². The fourth-order valence-electron chi connectivity index (χ4n) is 2.27. The van der Waals surface area contributed by atoms with Crippen molar-refractivity contribution >= 4 is 29.2 Å². The average molecular weight is 415 g/mol. The van der Waals surface area contributed by atoms with E-state index in [2.05, 4.69) is 0 Å². The van der Waals surface area contributed by atoms with E-state index < -0.39 is 34.6 Å². The summed E-state index contributed by atoms with van der Waals surface area (Å²) in [6.07, 6.45) is -4.62. The van der Waals surface area contributed by atoms with Crippen molar-refractivity contribution in [1.29, 1.82) is 0 Å². The SMILES string of the molecule is CC(C)C(=O)N(C)C(=O)N(Oc1ccc(C(F)(F)F)c(Cl)c1)c1ccccc1. The molecule has 0 N–H and O–H groups in total. The number of carbonyl (C=O) groups is 2. The quantitative estimate of drug-likeness (QED) is 0.630. The van der Waals surface area contributed by atoms with Gasteiger partial charge < -0.3 is 4.84 Å². The van der Waals surface area contributed by atoms with Gasteiger partial charge in [0, 0.05) is 19.0 Å². The lowest BCUT2D eigenvalue weighted by atomic mass is 10.2. The molecule has 28 heavy (non-hydrogen) atoms. The van der Waals surface area contributed by atoms with E-state index in [0.29, 0.717) is 0 Å². The first-order valence-electron chi connectivity index (χ1n) is 8.23. The summed E-state index contributed by atoms with van der Waals surface area (Å²) in [5.74, 6) is -0.979. The largest absolute Gasteiger partial charge is 0.417 e. The number of carbonyl (C=O) groups excluding carboxylic acids is 2. The molecule has 2 aromatic rings. The molecule has 150 valence electrons. The van der Waals surface area contributed by atoms with Crippen LogP contribution < -0.4 is 9.90 Å². The van der Waals surface area contributed by atoms with Gasteiger partial charge in [0.1, 0.15) is 0 Å². The second-order valence-corrected chi connectivity index (χ2v) is 6.60. The summed E-state index contributed by atoms with van der Waals surface area (Å²) in [7, 11) is 1.30. The van der Waals surface area contributed by atoms with Crippen LogP contribution in [0, 0.1) is 5.92 Å². The van der Waals surface area contributed by atoms with Gasteiger partial charge >= 0.3 is 12.2 Å². The summed E-state index contributed by atoms with van der Waals surface area (Å²) in [6.45, 7) is 3.27. The third kappa shape index (κ3) is 4.95. The number of amides is 3. The van der Waals surface area contributed by atoms with E-state index in [1.807, 2.05) is 0 Å². The summed E-state index contributed by atoms with van der Waals surface area (Å²) in [6, 6.07) is 10.1. The van der Waals surface area contributed by atoms with Gasteiger partial charge in [0.25, 0.3) is 0 Å². The fraction of sp³-hybridized carbons (Fsp3) is 0.263. The van der Waals surface area contributed by atoms with Gasteiger partial charge in [-0.3, -0.25) is 9.69 Å². The molecule has 2 aromatic carbocycles. The van der Waals surface area contributed by atoms with Crippen LogP contribution in [0.15, 0.2) is 48.5 Å². The molecule has 2 rings (SSSR count). The monoisotopic (exact) mass is 414 g/mol. The molecule has 0 atom stereocenters. The summed E-state index contributed by atoms with van der Waals surface area (Å²) in [4.78, 5) is 31.3. The lowest BCUT2D eigenvalue weighted by molar-refractivity contribution is -0.137. The number of para-hydroxylation sites is 1. The van der Waals surface area contributed by atoms with Crippen LogP contribution in [-0.4, -0.2) is 23.9 Å². The van der Waals surface area contributed by atoms with Gasteiger partial charge in [-0.15, -0.1) is 5.06 Å².